The van der Waals surface area contributed by atoms with Gasteiger partial charge in [0.25, 0.3) is 5.91 Å². The van der Waals surface area contributed by atoms with Gasteiger partial charge in [0.2, 0.25) is 0 Å². The summed E-state index contributed by atoms with van der Waals surface area (Å²) in [6.45, 7) is 1.47. The third-order valence-corrected chi connectivity index (χ3v) is 4.54. The number of benzene rings is 1. The SMILES string of the molecule is O=C(Nc1ccccc1Nc1ccncc1)c1ccn(C2CCOCC2)n1. The Morgan fingerprint density at radius 2 is 1.78 bits per heavy atom. The van der Waals surface area contributed by atoms with Crippen molar-refractivity contribution in [3.8, 4) is 0 Å². The Morgan fingerprint density at radius 1 is 1.04 bits per heavy atom. The fraction of sp³-hybridized carbons (Fsp3) is 0.250. The minimum atomic E-state index is -0.232. The number of hydrogen-bond acceptors (Lipinski definition) is 5. The molecule has 0 spiro atoms. The second-order valence-corrected chi connectivity index (χ2v) is 6.39. The number of ether oxygens (including phenoxy) is 1. The maximum atomic E-state index is 12.7. The molecule has 1 amide bonds. The van der Waals surface area contributed by atoms with Crippen molar-refractivity contribution in [2.24, 2.45) is 0 Å². The monoisotopic (exact) mass is 363 g/mol. The summed E-state index contributed by atoms with van der Waals surface area (Å²) in [6.07, 6.45) is 7.13. The molecule has 7 nitrogen and oxygen atoms in total. The molecule has 138 valence electrons. The van der Waals surface area contributed by atoms with E-state index in [9.17, 15) is 4.79 Å². The van der Waals surface area contributed by atoms with Crippen LogP contribution in [0.4, 0.5) is 17.1 Å². The minimum absolute atomic E-state index is 0.232. The fourth-order valence-electron chi connectivity index (χ4n) is 3.09. The summed E-state index contributed by atoms with van der Waals surface area (Å²) in [7, 11) is 0. The number of rotatable bonds is 5. The maximum Gasteiger partial charge on any atom is 0.276 e. The number of nitrogens with one attached hydrogen (secondary N) is 2. The van der Waals surface area contributed by atoms with E-state index in [1.165, 1.54) is 0 Å². The lowest BCUT2D eigenvalue weighted by molar-refractivity contribution is 0.0661. The van der Waals surface area contributed by atoms with Gasteiger partial charge in [-0.2, -0.15) is 5.10 Å². The van der Waals surface area contributed by atoms with Gasteiger partial charge in [0.05, 0.1) is 17.4 Å². The molecular formula is C20H21N5O2. The van der Waals surface area contributed by atoms with Gasteiger partial charge in [-0.25, -0.2) is 0 Å². The van der Waals surface area contributed by atoms with Gasteiger partial charge in [-0.05, 0) is 43.2 Å². The summed E-state index contributed by atoms with van der Waals surface area (Å²) in [4.78, 5) is 16.7. The van der Waals surface area contributed by atoms with E-state index in [0.717, 1.165) is 37.4 Å². The highest BCUT2D eigenvalue weighted by molar-refractivity contribution is 6.04. The van der Waals surface area contributed by atoms with Gasteiger partial charge in [0, 0.05) is 37.5 Å². The van der Waals surface area contributed by atoms with Crippen molar-refractivity contribution >= 4 is 23.0 Å². The molecule has 3 aromatic rings. The van der Waals surface area contributed by atoms with E-state index >= 15 is 0 Å². The van der Waals surface area contributed by atoms with Crippen molar-refractivity contribution in [1.82, 2.24) is 14.8 Å². The standard InChI is InChI=1S/C20H21N5O2/c26-20(19-7-12-25(24-19)16-8-13-27-14-9-16)23-18-4-2-1-3-17(18)22-15-5-10-21-11-6-15/h1-7,10-12,16H,8-9,13-14H2,(H,21,22)(H,23,26). The van der Waals surface area contributed by atoms with Gasteiger partial charge in [-0.3, -0.25) is 14.5 Å². The fourth-order valence-corrected chi connectivity index (χ4v) is 3.09. The van der Waals surface area contributed by atoms with Crippen LogP contribution in [0.25, 0.3) is 0 Å². The number of aromatic nitrogens is 3. The average Bonchev–Trinajstić information content (AvgIpc) is 3.21. The first-order valence-corrected chi connectivity index (χ1v) is 9.00. The van der Waals surface area contributed by atoms with Gasteiger partial charge in [-0.15, -0.1) is 0 Å². The summed E-state index contributed by atoms with van der Waals surface area (Å²) >= 11 is 0. The van der Waals surface area contributed by atoms with E-state index in [1.54, 1.807) is 18.5 Å². The Hall–Kier alpha value is -3.19. The van der Waals surface area contributed by atoms with Crippen molar-refractivity contribution in [2.75, 3.05) is 23.8 Å². The Bertz CT molecular complexity index is 904. The molecule has 0 bridgehead atoms. The smallest absolute Gasteiger partial charge is 0.276 e. The van der Waals surface area contributed by atoms with Crippen molar-refractivity contribution in [3.63, 3.8) is 0 Å². The quantitative estimate of drug-likeness (QED) is 0.723. The molecular weight excluding hydrogens is 342 g/mol. The number of para-hydroxylation sites is 2. The van der Waals surface area contributed by atoms with Crippen LogP contribution in [-0.2, 0) is 4.74 Å². The zero-order valence-corrected chi connectivity index (χ0v) is 14.8. The van der Waals surface area contributed by atoms with Crippen LogP contribution in [0.1, 0.15) is 29.4 Å². The highest BCUT2D eigenvalue weighted by Gasteiger charge is 2.18. The molecule has 2 N–H and O–H groups in total. The molecule has 7 heteroatoms. The number of anilines is 3. The summed E-state index contributed by atoms with van der Waals surface area (Å²) in [6, 6.07) is 13.4. The lowest BCUT2D eigenvalue weighted by Crippen LogP contribution is -2.21. The molecule has 4 rings (SSSR count). The molecule has 1 saturated heterocycles. The lowest BCUT2D eigenvalue weighted by Gasteiger charge is -2.22. The predicted molar refractivity (Wildman–Crippen MR) is 103 cm³/mol. The van der Waals surface area contributed by atoms with E-state index in [1.807, 2.05) is 47.3 Å². The van der Waals surface area contributed by atoms with Crippen molar-refractivity contribution in [1.29, 1.82) is 0 Å². The molecule has 3 heterocycles. The van der Waals surface area contributed by atoms with E-state index in [2.05, 4.69) is 20.7 Å². The predicted octanol–water partition coefficient (Wildman–Crippen LogP) is 3.63. The number of carbonyl (C=O) groups excluding carboxylic acids is 1. The Balaban J connectivity index is 1.48. The van der Waals surface area contributed by atoms with Gasteiger partial charge < -0.3 is 15.4 Å². The van der Waals surface area contributed by atoms with Crippen LogP contribution in [0.15, 0.2) is 61.1 Å². The van der Waals surface area contributed by atoms with Gasteiger partial charge in [0.1, 0.15) is 0 Å². The van der Waals surface area contributed by atoms with E-state index < -0.39 is 0 Å². The lowest BCUT2D eigenvalue weighted by atomic mass is 10.1. The average molecular weight is 363 g/mol. The second-order valence-electron chi connectivity index (χ2n) is 6.39. The molecule has 27 heavy (non-hydrogen) atoms. The van der Waals surface area contributed by atoms with Crippen LogP contribution < -0.4 is 10.6 Å². The van der Waals surface area contributed by atoms with Crippen LogP contribution in [0.5, 0.6) is 0 Å². The molecule has 1 fully saturated rings. The first-order valence-electron chi connectivity index (χ1n) is 9.00. The van der Waals surface area contributed by atoms with Gasteiger partial charge in [-0.1, -0.05) is 12.1 Å². The first kappa shape index (κ1) is 17.2. The summed E-state index contributed by atoms with van der Waals surface area (Å²) in [5.41, 5.74) is 2.80. The van der Waals surface area contributed by atoms with E-state index in [0.29, 0.717) is 17.4 Å². The summed E-state index contributed by atoms with van der Waals surface area (Å²) in [5.74, 6) is -0.232. The number of carbonyl (C=O) groups is 1. The summed E-state index contributed by atoms with van der Waals surface area (Å²) < 4.78 is 7.26. The molecule has 0 unspecified atom stereocenters. The number of pyridine rings is 1. The van der Waals surface area contributed by atoms with Crippen LogP contribution in [0.2, 0.25) is 0 Å². The van der Waals surface area contributed by atoms with Crippen molar-refractivity contribution in [3.05, 3.63) is 66.7 Å². The molecule has 0 saturated carbocycles. The Kier molecular flexibility index (Phi) is 5.11. The van der Waals surface area contributed by atoms with Crippen LogP contribution in [-0.4, -0.2) is 33.9 Å². The number of nitrogens with zero attached hydrogens (tertiary/aromatic N) is 3. The summed E-state index contributed by atoms with van der Waals surface area (Å²) in [5, 5.41) is 10.7. The minimum Gasteiger partial charge on any atom is -0.381 e. The number of amides is 1. The largest absolute Gasteiger partial charge is 0.381 e. The number of hydrogen-bond donors (Lipinski definition) is 2. The molecule has 1 aliphatic rings. The van der Waals surface area contributed by atoms with Crippen molar-refractivity contribution in [2.45, 2.75) is 18.9 Å². The van der Waals surface area contributed by atoms with Crippen LogP contribution in [0.3, 0.4) is 0 Å². The van der Waals surface area contributed by atoms with Crippen LogP contribution >= 0.6 is 0 Å². The third-order valence-electron chi connectivity index (χ3n) is 4.54. The zero-order chi connectivity index (χ0) is 18.5. The molecule has 2 aromatic heterocycles. The molecule has 1 aliphatic heterocycles. The van der Waals surface area contributed by atoms with E-state index in [4.69, 9.17) is 4.74 Å². The highest BCUT2D eigenvalue weighted by atomic mass is 16.5. The normalized spacial score (nSPS) is 14.7. The third kappa shape index (κ3) is 4.15. The zero-order valence-electron chi connectivity index (χ0n) is 14.8. The Morgan fingerprint density at radius 3 is 2.56 bits per heavy atom. The molecule has 0 radical (unpaired) electrons. The van der Waals surface area contributed by atoms with Crippen molar-refractivity contribution < 1.29 is 9.53 Å². The van der Waals surface area contributed by atoms with Gasteiger partial charge >= 0.3 is 0 Å². The maximum absolute atomic E-state index is 12.7. The molecule has 0 atom stereocenters. The van der Waals surface area contributed by atoms with E-state index in [-0.39, 0.29) is 5.91 Å². The topological polar surface area (TPSA) is 81.1 Å². The first-order chi connectivity index (χ1) is 13.3. The highest BCUT2D eigenvalue weighted by Crippen LogP contribution is 2.25. The second kappa shape index (κ2) is 8.01. The molecule has 0 aliphatic carbocycles. The van der Waals surface area contributed by atoms with Crippen LogP contribution in [0, 0.1) is 0 Å². The Labute approximate surface area is 157 Å². The molecule has 1 aromatic carbocycles. The van der Waals surface area contributed by atoms with Gasteiger partial charge in [0.15, 0.2) is 5.69 Å².